The number of nitrogens with one attached hydrogen (secondary N) is 1. The number of anilines is 2. The normalized spacial score (nSPS) is 14.8. The third kappa shape index (κ3) is 4.73. The topological polar surface area (TPSA) is 74.5 Å². The molecule has 1 fully saturated rings. The highest BCUT2D eigenvalue weighted by molar-refractivity contribution is 9.10. The number of nitrogens with zero attached hydrogens (tertiary/aromatic N) is 3. The zero-order chi connectivity index (χ0) is 21.1. The number of benzene rings is 1. The van der Waals surface area contributed by atoms with Crippen LogP contribution in [0.15, 0.2) is 39.5 Å². The predicted molar refractivity (Wildman–Crippen MR) is 125 cm³/mol. The van der Waals surface area contributed by atoms with E-state index in [0.717, 1.165) is 48.3 Å². The molecule has 0 spiro atoms. The van der Waals surface area contributed by atoms with Crippen molar-refractivity contribution in [2.75, 3.05) is 49.5 Å². The van der Waals surface area contributed by atoms with Crippen LogP contribution in [0.2, 0.25) is 0 Å². The van der Waals surface area contributed by atoms with E-state index in [1.165, 1.54) is 17.4 Å². The van der Waals surface area contributed by atoms with Crippen LogP contribution in [0.1, 0.15) is 10.5 Å². The van der Waals surface area contributed by atoms with Crippen molar-refractivity contribution in [3.63, 3.8) is 0 Å². The van der Waals surface area contributed by atoms with Crippen LogP contribution in [0.4, 0.5) is 15.8 Å². The van der Waals surface area contributed by atoms with Gasteiger partial charge in [0, 0.05) is 50.7 Å². The SMILES string of the molecule is NCCN1CCN(c2cc(Br)c(F)cc2NC(=O)c2csc(-c3cccs3)n2)CC1. The fourth-order valence-corrected chi connectivity index (χ4v) is 5.32. The molecular formula is C20H21BrFN5OS2. The van der Waals surface area contributed by atoms with Crippen molar-refractivity contribution in [3.05, 3.63) is 51.0 Å². The van der Waals surface area contributed by atoms with Gasteiger partial charge < -0.3 is 16.0 Å². The van der Waals surface area contributed by atoms with Gasteiger partial charge in [0.05, 0.1) is 20.7 Å². The number of nitrogens with two attached hydrogens (primary N) is 1. The molecule has 0 saturated carbocycles. The van der Waals surface area contributed by atoms with E-state index in [0.29, 0.717) is 22.4 Å². The molecule has 0 atom stereocenters. The highest BCUT2D eigenvalue weighted by Crippen LogP contribution is 2.33. The molecule has 1 aliphatic rings. The Labute approximate surface area is 190 Å². The number of amides is 1. The van der Waals surface area contributed by atoms with Crippen LogP contribution >= 0.6 is 38.6 Å². The van der Waals surface area contributed by atoms with Crippen LogP contribution in [0, 0.1) is 5.82 Å². The van der Waals surface area contributed by atoms with E-state index in [4.69, 9.17) is 5.73 Å². The lowest BCUT2D eigenvalue weighted by molar-refractivity contribution is 0.102. The first-order valence-electron chi connectivity index (χ1n) is 9.52. The van der Waals surface area contributed by atoms with Crippen molar-refractivity contribution in [3.8, 4) is 9.88 Å². The van der Waals surface area contributed by atoms with Gasteiger partial charge in [-0.15, -0.1) is 22.7 Å². The molecule has 30 heavy (non-hydrogen) atoms. The molecule has 0 unspecified atom stereocenters. The van der Waals surface area contributed by atoms with Crippen molar-refractivity contribution in [2.45, 2.75) is 0 Å². The summed E-state index contributed by atoms with van der Waals surface area (Å²) in [7, 11) is 0. The van der Waals surface area contributed by atoms with E-state index in [2.05, 4.69) is 36.0 Å². The van der Waals surface area contributed by atoms with Crippen LogP contribution in [-0.4, -0.2) is 55.1 Å². The number of hydrogen-bond acceptors (Lipinski definition) is 7. The molecule has 1 amide bonds. The molecule has 3 heterocycles. The van der Waals surface area contributed by atoms with Crippen LogP contribution in [0.3, 0.4) is 0 Å². The number of hydrogen-bond donors (Lipinski definition) is 2. The van der Waals surface area contributed by atoms with Gasteiger partial charge in [0.2, 0.25) is 0 Å². The first kappa shape index (κ1) is 21.4. The number of aromatic nitrogens is 1. The van der Waals surface area contributed by atoms with Crippen LogP contribution in [0.5, 0.6) is 0 Å². The molecule has 0 bridgehead atoms. The summed E-state index contributed by atoms with van der Waals surface area (Å²) in [5.41, 5.74) is 7.21. The van der Waals surface area contributed by atoms with Crippen molar-refractivity contribution < 1.29 is 9.18 Å². The minimum Gasteiger partial charge on any atom is -0.367 e. The smallest absolute Gasteiger partial charge is 0.275 e. The summed E-state index contributed by atoms with van der Waals surface area (Å²) in [6, 6.07) is 7.00. The van der Waals surface area contributed by atoms with Gasteiger partial charge in [0.25, 0.3) is 5.91 Å². The number of carbonyl (C=O) groups is 1. The second-order valence-electron chi connectivity index (χ2n) is 6.87. The van der Waals surface area contributed by atoms with Gasteiger partial charge in [-0.1, -0.05) is 6.07 Å². The molecule has 3 aromatic rings. The maximum Gasteiger partial charge on any atom is 0.275 e. The molecule has 0 aliphatic carbocycles. The number of thiazole rings is 1. The van der Waals surface area contributed by atoms with E-state index in [1.807, 2.05) is 17.5 Å². The lowest BCUT2D eigenvalue weighted by Crippen LogP contribution is -2.48. The summed E-state index contributed by atoms with van der Waals surface area (Å²) in [6.45, 7) is 4.79. The average molecular weight is 510 g/mol. The Kier molecular flexibility index (Phi) is 6.79. The highest BCUT2D eigenvalue weighted by atomic mass is 79.9. The van der Waals surface area contributed by atoms with Gasteiger partial charge >= 0.3 is 0 Å². The van der Waals surface area contributed by atoms with Crippen LogP contribution in [0.25, 0.3) is 9.88 Å². The summed E-state index contributed by atoms with van der Waals surface area (Å²) >= 11 is 6.27. The quantitative estimate of drug-likeness (QED) is 0.523. The number of piperazine rings is 1. The molecule has 1 saturated heterocycles. The van der Waals surface area contributed by atoms with Gasteiger partial charge in [-0.2, -0.15) is 0 Å². The maximum absolute atomic E-state index is 14.3. The Hall–Kier alpha value is -1.85. The zero-order valence-electron chi connectivity index (χ0n) is 16.1. The number of halogens is 2. The molecule has 0 radical (unpaired) electrons. The van der Waals surface area contributed by atoms with Crippen molar-refractivity contribution in [1.82, 2.24) is 9.88 Å². The molecule has 6 nitrogen and oxygen atoms in total. The van der Waals surface area contributed by atoms with Gasteiger partial charge in [-0.25, -0.2) is 9.37 Å². The lowest BCUT2D eigenvalue weighted by atomic mass is 10.2. The largest absolute Gasteiger partial charge is 0.367 e. The summed E-state index contributed by atoms with van der Waals surface area (Å²) in [6.07, 6.45) is 0. The minimum absolute atomic E-state index is 0.324. The average Bonchev–Trinajstić information content (AvgIpc) is 3.43. The van der Waals surface area contributed by atoms with Crippen LogP contribution in [-0.2, 0) is 0 Å². The van der Waals surface area contributed by atoms with E-state index in [1.54, 1.807) is 22.8 Å². The molecule has 4 rings (SSSR count). The molecule has 3 N–H and O–H groups in total. The predicted octanol–water partition coefficient (Wildman–Crippen LogP) is 4.11. The molecule has 158 valence electrons. The van der Waals surface area contributed by atoms with E-state index in [-0.39, 0.29) is 5.91 Å². The Morgan fingerprint density at radius 2 is 2.07 bits per heavy atom. The van der Waals surface area contributed by atoms with Crippen molar-refractivity contribution in [2.24, 2.45) is 5.73 Å². The van der Waals surface area contributed by atoms with Gasteiger partial charge in [0.1, 0.15) is 16.5 Å². The van der Waals surface area contributed by atoms with E-state index in [9.17, 15) is 9.18 Å². The third-order valence-electron chi connectivity index (χ3n) is 4.91. The molecule has 1 aromatic carbocycles. The Morgan fingerprint density at radius 3 is 2.77 bits per heavy atom. The Morgan fingerprint density at radius 1 is 1.27 bits per heavy atom. The standard InChI is InChI=1S/C20H21BrFN5OS2/c21-13-10-17(27-7-5-26(4-3-23)6-8-27)15(11-14(13)22)24-19(28)16-12-30-20(25-16)18-2-1-9-29-18/h1-2,9-12H,3-8,23H2,(H,24,28). The fourth-order valence-electron chi connectivity index (χ4n) is 3.37. The second-order valence-corrected chi connectivity index (χ2v) is 9.53. The molecule has 10 heteroatoms. The first-order chi connectivity index (χ1) is 14.5. The van der Waals surface area contributed by atoms with Crippen molar-refractivity contribution >= 4 is 55.9 Å². The second kappa shape index (κ2) is 9.52. The number of carbonyl (C=O) groups excluding carboxylic acids is 1. The third-order valence-corrected chi connectivity index (χ3v) is 7.40. The van der Waals surface area contributed by atoms with Crippen LogP contribution < -0.4 is 16.0 Å². The van der Waals surface area contributed by atoms with E-state index < -0.39 is 5.82 Å². The summed E-state index contributed by atoms with van der Waals surface area (Å²) in [5, 5.41) is 7.36. The van der Waals surface area contributed by atoms with Gasteiger partial charge in [0.15, 0.2) is 0 Å². The molecule has 1 aliphatic heterocycles. The zero-order valence-corrected chi connectivity index (χ0v) is 19.3. The fraction of sp³-hybridized carbons (Fsp3) is 0.300. The summed E-state index contributed by atoms with van der Waals surface area (Å²) < 4.78 is 14.6. The first-order valence-corrected chi connectivity index (χ1v) is 12.1. The van der Waals surface area contributed by atoms with Gasteiger partial charge in [-0.3, -0.25) is 9.69 Å². The number of rotatable bonds is 6. The Balaban J connectivity index is 1.54. The molecular weight excluding hydrogens is 489 g/mol. The Bertz CT molecular complexity index is 1020. The lowest BCUT2D eigenvalue weighted by Gasteiger charge is -2.36. The minimum atomic E-state index is -0.423. The monoisotopic (exact) mass is 509 g/mol. The highest BCUT2D eigenvalue weighted by Gasteiger charge is 2.22. The summed E-state index contributed by atoms with van der Waals surface area (Å²) in [5.74, 6) is -0.771. The van der Waals surface area contributed by atoms with E-state index >= 15 is 0 Å². The van der Waals surface area contributed by atoms with Crippen molar-refractivity contribution in [1.29, 1.82) is 0 Å². The van der Waals surface area contributed by atoms with Gasteiger partial charge in [-0.05, 0) is 33.4 Å². The summed E-state index contributed by atoms with van der Waals surface area (Å²) in [4.78, 5) is 22.7. The molecule has 2 aromatic heterocycles. The number of thiophene rings is 1. The maximum atomic E-state index is 14.3.